The normalized spacial score (nSPS) is 10.5. The third-order valence-electron chi connectivity index (χ3n) is 4.20. The van der Waals surface area contributed by atoms with Gasteiger partial charge in [-0.15, -0.1) is 0 Å². The van der Waals surface area contributed by atoms with Crippen LogP contribution in [0.15, 0.2) is 60.8 Å². The van der Waals surface area contributed by atoms with Crippen molar-refractivity contribution < 1.29 is 19.1 Å². The van der Waals surface area contributed by atoms with Gasteiger partial charge in [-0.25, -0.2) is 9.59 Å². The van der Waals surface area contributed by atoms with Crippen molar-refractivity contribution in [2.45, 2.75) is 6.54 Å². The molecule has 0 saturated heterocycles. The van der Waals surface area contributed by atoms with Crippen LogP contribution in [0.1, 0.15) is 26.4 Å². The first-order chi connectivity index (χ1) is 13.0. The van der Waals surface area contributed by atoms with Crippen LogP contribution in [0.2, 0.25) is 5.02 Å². The van der Waals surface area contributed by atoms with Gasteiger partial charge >= 0.3 is 11.9 Å². The highest BCUT2D eigenvalue weighted by Gasteiger charge is 2.28. The number of esters is 2. The Morgan fingerprint density at radius 3 is 2.15 bits per heavy atom. The van der Waals surface area contributed by atoms with Crippen molar-refractivity contribution in [3.8, 4) is 11.1 Å². The summed E-state index contributed by atoms with van der Waals surface area (Å²) in [4.78, 5) is 25.0. The summed E-state index contributed by atoms with van der Waals surface area (Å²) in [6.45, 7) is 0.406. The molecule has 0 radical (unpaired) electrons. The monoisotopic (exact) mass is 383 g/mol. The minimum Gasteiger partial charge on any atom is -0.465 e. The van der Waals surface area contributed by atoms with E-state index in [0.29, 0.717) is 17.1 Å². The number of carbonyl (C=O) groups is 2. The molecule has 0 atom stereocenters. The van der Waals surface area contributed by atoms with Crippen molar-refractivity contribution in [3.63, 3.8) is 0 Å². The SMILES string of the molecule is COC(=O)c1c(-c2ccc(Cl)cc2)cn(Cc2ccccc2)c1C(=O)OC. The van der Waals surface area contributed by atoms with Crippen LogP contribution in [-0.4, -0.2) is 30.7 Å². The van der Waals surface area contributed by atoms with Crippen molar-refractivity contribution in [2.24, 2.45) is 0 Å². The minimum absolute atomic E-state index is 0.151. The maximum absolute atomic E-state index is 12.5. The highest BCUT2D eigenvalue weighted by atomic mass is 35.5. The van der Waals surface area contributed by atoms with Crippen molar-refractivity contribution in [1.29, 1.82) is 0 Å². The van der Waals surface area contributed by atoms with Crippen LogP contribution in [0.25, 0.3) is 11.1 Å². The Bertz CT molecular complexity index is 962. The number of ether oxygens (including phenoxy) is 2. The fourth-order valence-corrected chi connectivity index (χ4v) is 3.06. The Balaban J connectivity index is 2.21. The largest absolute Gasteiger partial charge is 0.465 e. The second-order valence-corrected chi connectivity index (χ2v) is 6.31. The molecule has 0 fully saturated rings. The molecule has 3 rings (SSSR count). The van der Waals surface area contributed by atoms with Crippen LogP contribution < -0.4 is 0 Å². The van der Waals surface area contributed by atoms with E-state index >= 15 is 0 Å². The fourth-order valence-electron chi connectivity index (χ4n) is 2.93. The first-order valence-electron chi connectivity index (χ1n) is 8.24. The molecule has 0 N–H and O–H groups in total. The Morgan fingerprint density at radius 1 is 0.926 bits per heavy atom. The molecule has 0 unspecified atom stereocenters. The molecule has 3 aromatic rings. The van der Waals surface area contributed by atoms with Gasteiger partial charge in [-0.05, 0) is 23.3 Å². The second-order valence-electron chi connectivity index (χ2n) is 5.87. The van der Waals surface area contributed by atoms with Crippen molar-refractivity contribution in [1.82, 2.24) is 4.57 Å². The molecule has 2 aromatic carbocycles. The summed E-state index contributed by atoms with van der Waals surface area (Å²) < 4.78 is 11.6. The zero-order valence-electron chi connectivity index (χ0n) is 14.9. The van der Waals surface area contributed by atoms with E-state index in [2.05, 4.69) is 0 Å². The maximum atomic E-state index is 12.5. The molecule has 0 aliphatic heterocycles. The van der Waals surface area contributed by atoms with E-state index in [1.54, 1.807) is 35.0 Å². The van der Waals surface area contributed by atoms with E-state index in [-0.39, 0.29) is 11.3 Å². The third-order valence-corrected chi connectivity index (χ3v) is 4.45. The summed E-state index contributed by atoms with van der Waals surface area (Å²) in [5, 5.41) is 0.579. The molecule has 27 heavy (non-hydrogen) atoms. The van der Waals surface area contributed by atoms with E-state index in [9.17, 15) is 9.59 Å². The van der Waals surface area contributed by atoms with Gasteiger partial charge in [0.05, 0.1) is 14.2 Å². The molecular weight excluding hydrogens is 366 g/mol. The molecule has 5 nitrogen and oxygen atoms in total. The smallest absolute Gasteiger partial charge is 0.355 e. The molecule has 138 valence electrons. The first kappa shape index (κ1) is 18.7. The minimum atomic E-state index is -0.605. The Morgan fingerprint density at radius 2 is 1.56 bits per heavy atom. The van der Waals surface area contributed by atoms with Crippen LogP contribution >= 0.6 is 11.6 Å². The summed E-state index contributed by atoms with van der Waals surface area (Å²) in [6.07, 6.45) is 1.76. The number of halogens is 1. The number of rotatable bonds is 5. The molecular formula is C21H18ClNO4. The van der Waals surface area contributed by atoms with Crippen molar-refractivity contribution >= 4 is 23.5 Å². The van der Waals surface area contributed by atoms with E-state index in [0.717, 1.165) is 11.1 Å². The molecule has 0 bridgehead atoms. The fraction of sp³-hybridized carbons (Fsp3) is 0.143. The van der Waals surface area contributed by atoms with Crippen LogP contribution in [0.5, 0.6) is 0 Å². The number of benzene rings is 2. The van der Waals surface area contributed by atoms with Gasteiger partial charge in [-0.3, -0.25) is 0 Å². The lowest BCUT2D eigenvalue weighted by Gasteiger charge is -2.09. The number of methoxy groups -OCH3 is 2. The van der Waals surface area contributed by atoms with Crippen LogP contribution in [0.4, 0.5) is 0 Å². The van der Waals surface area contributed by atoms with E-state index in [1.165, 1.54) is 14.2 Å². The second kappa shape index (κ2) is 8.10. The number of nitrogens with zero attached hydrogens (tertiary/aromatic N) is 1. The Hall–Kier alpha value is -3.05. The molecule has 0 spiro atoms. The molecule has 0 aliphatic carbocycles. The number of carbonyl (C=O) groups excluding carboxylic acids is 2. The van der Waals surface area contributed by atoms with Gasteiger partial charge < -0.3 is 14.0 Å². The summed E-state index contributed by atoms with van der Waals surface area (Å²) in [7, 11) is 2.56. The van der Waals surface area contributed by atoms with E-state index in [4.69, 9.17) is 21.1 Å². The van der Waals surface area contributed by atoms with Gasteiger partial charge in [0.1, 0.15) is 11.3 Å². The van der Waals surface area contributed by atoms with Gasteiger partial charge in [-0.1, -0.05) is 54.1 Å². The lowest BCUT2D eigenvalue weighted by molar-refractivity contribution is 0.0548. The summed E-state index contributed by atoms with van der Waals surface area (Å²) in [5.74, 6) is -1.21. The van der Waals surface area contributed by atoms with Gasteiger partial charge in [0.15, 0.2) is 0 Å². The van der Waals surface area contributed by atoms with Gasteiger partial charge in [0.2, 0.25) is 0 Å². The Kier molecular flexibility index (Phi) is 5.62. The standard InChI is InChI=1S/C21H18ClNO4/c1-26-20(24)18-17(15-8-10-16(22)11-9-15)13-23(19(18)21(25)27-2)12-14-6-4-3-5-7-14/h3-11,13H,12H2,1-2H3. The number of hydrogen-bond acceptors (Lipinski definition) is 4. The predicted octanol–water partition coefficient (Wildman–Crippen LogP) is 4.43. The number of hydrogen-bond donors (Lipinski definition) is 0. The number of aromatic nitrogens is 1. The zero-order chi connectivity index (χ0) is 19.4. The zero-order valence-corrected chi connectivity index (χ0v) is 15.7. The molecule has 1 heterocycles. The summed E-state index contributed by atoms with van der Waals surface area (Å²) >= 11 is 5.97. The molecule has 0 aliphatic rings. The quantitative estimate of drug-likeness (QED) is 0.611. The average Bonchev–Trinajstić information content (AvgIpc) is 3.07. The highest BCUT2D eigenvalue weighted by molar-refractivity contribution is 6.30. The highest BCUT2D eigenvalue weighted by Crippen LogP contribution is 2.31. The van der Waals surface area contributed by atoms with E-state index in [1.807, 2.05) is 30.3 Å². The summed E-state index contributed by atoms with van der Waals surface area (Å²) in [5.41, 5.74) is 2.63. The molecule has 0 amide bonds. The van der Waals surface area contributed by atoms with Crippen molar-refractivity contribution in [2.75, 3.05) is 14.2 Å². The Labute approximate surface area is 162 Å². The first-order valence-corrected chi connectivity index (χ1v) is 8.62. The van der Waals surface area contributed by atoms with Gasteiger partial charge in [0.25, 0.3) is 0 Å². The van der Waals surface area contributed by atoms with Crippen molar-refractivity contribution in [3.05, 3.63) is 82.6 Å². The average molecular weight is 384 g/mol. The molecule has 0 saturated carbocycles. The van der Waals surface area contributed by atoms with Crippen LogP contribution in [0, 0.1) is 0 Å². The van der Waals surface area contributed by atoms with Gasteiger partial charge in [-0.2, -0.15) is 0 Å². The third kappa shape index (κ3) is 3.88. The van der Waals surface area contributed by atoms with E-state index < -0.39 is 11.9 Å². The lowest BCUT2D eigenvalue weighted by atomic mass is 10.0. The maximum Gasteiger partial charge on any atom is 0.355 e. The lowest BCUT2D eigenvalue weighted by Crippen LogP contribution is -2.16. The van der Waals surface area contributed by atoms with Gasteiger partial charge in [0, 0.05) is 23.3 Å². The molecule has 1 aromatic heterocycles. The predicted molar refractivity (Wildman–Crippen MR) is 103 cm³/mol. The molecule has 6 heteroatoms. The summed E-state index contributed by atoms with van der Waals surface area (Å²) in [6, 6.07) is 16.7. The van der Waals surface area contributed by atoms with Crippen LogP contribution in [-0.2, 0) is 16.0 Å². The van der Waals surface area contributed by atoms with Crippen LogP contribution in [0.3, 0.4) is 0 Å². The topological polar surface area (TPSA) is 57.5 Å².